The first-order chi connectivity index (χ1) is 12.9. The molecule has 1 unspecified atom stereocenters. The lowest BCUT2D eigenvalue weighted by Crippen LogP contribution is -2.28. The van der Waals surface area contributed by atoms with Gasteiger partial charge in [-0.3, -0.25) is 14.9 Å². The Balaban J connectivity index is 1.84. The van der Waals surface area contributed by atoms with E-state index < -0.39 is 11.6 Å². The Labute approximate surface area is 158 Å². The van der Waals surface area contributed by atoms with Gasteiger partial charge < -0.3 is 14.9 Å². The number of aliphatic carboxylic acids is 1. The Bertz CT molecular complexity index is 780. The number of hydrogen-bond donors (Lipinski definition) is 2. The Kier molecular flexibility index (Phi) is 6.03. The first-order valence-corrected chi connectivity index (χ1v) is 9.12. The van der Waals surface area contributed by atoms with Gasteiger partial charge in [0.1, 0.15) is 5.75 Å². The molecule has 1 aromatic heterocycles. The van der Waals surface area contributed by atoms with E-state index in [1.54, 1.807) is 24.7 Å². The maximum absolute atomic E-state index is 10.9. The van der Waals surface area contributed by atoms with E-state index in [-0.39, 0.29) is 6.61 Å². The van der Waals surface area contributed by atoms with Gasteiger partial charge in [-0.05, 0) is 50.9 Å². The van der Waals surface area contributed by atoms with Crippen molar-refractivity contribution in [1.82, 2.24) is 14.9 Å². The molecule has 1 aliphatic heterocycles. The predicted octanol–water partition coefficient (Wildman–Crippen LogP) is 2.34. The average molecular weight is 371 g/mol. The minimum atomic E-state index is -1.01. The zero-order valence-electron chi connectivity index (χ0n) is 15.5. The van der Waals surface area contributed by atoms with Gasteiger partial charge in [-0.1, -0.05) is 0 Å². The molecule has 2 aromatic rings. The molecule has 0 spiro atoms. The third kappa shape index (κ3) is 5.48. The fourth-order valence-electron chi connectivity index (χ4n) is 3.31. The molecule has 2 N–H and O–H groups in total. The monoisotopic (exact) mass is 371 g/mol. The van der Waals surface area contributed by atoms with Crippen LogP contribution in [0.25, 0.3) is 11.3 Å². The first-order valence-electron chi connectivity index (χ1n) is 9.12. The van der Waals surface area contributed by atoms with Gasteiger partial charge in [-0.2, -0.15) is 0 Å². The fraction of sp³-hybridized carbons (Fsp3) is 0.450. The second-order valence-corrected chi connectivity index (χ2v) is 7.22. The van der Waals surface area contributed by atoms with E-state index in [1.165, 1.54) is 0 Å². The molecule has 1 saturated heterocycles. The van der Waals surface area contributed by atoms with E-state index in [0.29, 0.717) is 18.7 Å². The SMILES string of the molecule is CC1(O)CCCN(Cc2cc(-c3cnccn3)ccc2OCC(=O)O)CC1. The van der Waals surface area contributed by atoms with Crippen molar-refractivity contribution >= 4 is 5.97 Å². The lowest BCUT2D eigenvalue weighted by Gasteiger charge is -2.23. The Morgan fingerprint density at radius 2 is 2.15 bits per heavy atom. The van der Waals surface area contributed by atoms with E-state index in [9.17, 15) is 9.90 Å². The molecule has 0 amide bonds. The summed E-state index contributed by atoms with van der Waals surface area (Å²) in [5.41, 5.74) is 1.93. The van der Waals surface area contributed by atoms with Gasteiger partial charge in [-0.25, -0.2) is 4.79 Å². The highest BCUT2D eigenvalue weighted by molar-refractivity contribution is 5.69. The Hall–Kier alpha value is -2.51. The summed E-state index contributed by atoms with van der Waals surface area (Å²) in [5.74, 6) is -0.453. The molecule has 0 saturated carbocycles. The summed E-state index contributed by atoms with van der Waals surface area (Å²) in [6.45, 7) is 3.78. The summed E-state index contributed by atoms with van der Waals surface area (Å²) in [7, 11) is 0. The largest absolute Gasteiger partial charge is 0.482 e. The van der Waals surface area contributed by atoms with Crippen LogP contribution < -0.4 is 4.74 Å². The lowest BCUT2D eigenvalue weighted by atomic mass is 9.98. The molecule has 0 radical (unpaired) electrons. The van der Waals surface area contributed by atoms with Crippen LogP contribution in [0.5, 0.6) is 5.75 Å². The maximum atomic E-state index is 10.9. The molecule has 7 heteroatoms. The second-order valence-electron chi connectivity index (χ2n) is 7.22. The molecule has 3 rings (SSSR count). The van der Waals surface area contributed by atoms with Crippen molar-refractivity contribution in [2.45, 2.75) is 38.3 Å². The quantitative estimate of drug-likeness (QED) is 0.804. The summed E-state index contributed by atoms with van der Waals surface area (Å²) in [6.07, 6.45) is 7.37. The molecule has 1 aromatic carbocycles. The van der Waals surface area contributed by atoms with Crippen LogP contribution in [0.3, 0.4) is 0 Å². The van der Waals surface area contributed by atoms with Crippen molar-refractivity contribution < 1.29 is 19.7 Å². The van der Waals surface area contributed by atoms with Crippen molar-refractivity contribution in [3.05, 3.63) is 42.4 Å². The van der Waals surface area contributed by atoms with Gasteiger partial charge in [0.15, 0.2) is 6.61 Å². The minimum Gasteiger partial charge on any atom is -0.482 e. The van der Waals surface area contributed by atoms with Gasteiger partial charge in [0.25, 0.3) is 0 Å². The van der Waals surface area contributed by atoms with E-state index in [4.69, 9.17) is 9.84 Å². The van der Waals surface area contributed by atoms with Crippen LogP contribution in [0.4, 0.5) is 0 Å². The number of carboxylic acids is 1. The molecule has 2 heterocycles. The molecule has 27 heavy (non-hydrogen) atoms. The van der Waals surface area contributed by atoms with Gasteiger partial charge >= 0.3 is 5.97 Å². The smallest absolute Gasteiger partial charge is 0.341 e. The highest BCUT2D eigenvalue weighted by Crippen LogP contribution is 2.28. The lowest BCUT2D eigenvalue weighted by molar-refractivity contribution is -0.139. The van der Waals surface area contributed by atoms with Crippen molar-refractivity contribution in [1.29, 1.82) is 0 Å². The molecule has 1 atom stereocenters. The van der Waals surface area contributed by atoms with Crippen LogP contribution in [-0.2, 0) is 11.3 Å². The number of ether oxygens (including phenoxy) is 1. The highest BCUT2D eigenvalue weighted by Gasteiger charge is 2.25. The number of rotatable bonds is 6. The average Bonchev–Trinajstić information content (AvgIpc) is 2.82. The van der Waals surface area contributed by atoms with Crippen molar-refractivity contribution in [3.63, 3.8) is 0 Å². The third-order valence-electron chi connectivity index (χ3n) is 4.82. The Morgan fingerprint density at radius 3 is 2.89 bits per heavy atom. The Morgan fingerprint density at radius 1 is 1.30 bits per heavy atom. The number of likely N-dealkylation sites (tertiary alicyclic amines) is 1. The van der Waals surface area contributed by atoms with E-state index >= 15 is 0 Å². The summed E-state index contributed by atoms with van der Waals surface area (Å²) >= 11 is 0. The normalized spacial score (nSPS) is 20.8. The molecule has 7 nitrogen and oxygen atoms in total. The summed E-state index contributed by atoms with van der Waals surface area (Å²) < 4.78 is 5.49. The van der Waals surface area contributed by atoms with Crippen LogP contribution in [0, 0.1) is 0 Å². The second kappa shape index (κ2) is 8.45. The van der Waals surface area contributed by atoms with Gasteiger partial charge in [0, 0.05) is 36.6 Å². The van der Waals surface area contributed by atoms with E-state index in [0.717, 1.165) is 42.8 Å². The predicted molar refractivity (Wildman–Crippen MR) is 100 cm³/mol. The molecule has 1 fully saturated rings. The summed E-state index contributed by atoms with van der Waals surface area (Å²) in [4.78, 5) is 21.6. The number of nitrogens with zero attached hydrogens (tertiary/aromatic N) is 3. The summed E-state index contributed by atoms with van der Waals surface area (Å²) in [6, 6.07) is 5.62. The van der Waals surface area contributed by atoms with Crippen molar-refractivity contribution in [3.8, 4) is 17.0 Å². The number of carbonyl (C=O) groups is 1. The number of carboxylic acid groups (broad SMARTS) is 1. The van der Waals surface area contributed by atoms with Gasteiger partial charge in [0.2, 0.25) is 0 Å². The van der Waals surface area contributed by atoms with Gasteiger partial charge in [0.05, 0.1) is 17.5 Å². The van der Waals surface area contributed by atoms with Crippen molar-refractivity contribution in [2.24, 2.45) is 0 Å². The third-order valence-corrected chi connectivity index (χ3v) is 4.82. The molecular formula is C20H25N3O4. The zero-order valence-corrected chi connectivity index (χ0v) is 15.5. The van der Waals surface area contributed by atoms with E-state index in [2.05, 4.69) is 14.9 Å². The number of benzene rings is 1. The van der Waals surface area contributed by atoms with Crippen LogP contribution in [0.1, 0.15) is 31.7 Å². The van der Waals surface area contributed by atoms with Crippen molar-refractivity contribution in [2.75, 3.05) is 19.7 Å². The van der Waals surface area contributed by atoms with Crippen LogP contribution in [0.2, 0.25) is 0 Å². The van der Waals surface area contributed by atoms with Crippen LogP contribution >= 0.6 is 0 Å². The molecule has 0 bridgehead atoms. The molecule has 1 aliphatic rings. The van der Waals surface area contributed by atoms with Crippen LogP contribution in [-0.4, -0.2) is 56.3 Å². The van der Waals surface area contributed by atoms with Crippen LogP contribution in [0.15, 0.2) is 36.8 Å². The minimum absolute atomic E-state index is 0.383. The van der Waals surface area contributed by atoms with Gasteiger partial charge in [-0.15, -0.1) is 0 Å². The zero-order chi connectivity index (χ0) is 19.3. The molecular weight excluding hydrogens is 346 g/mol. The number of aromatic nitrogens is 2. The van der Waals surface area contributed by atoms with E-state index in [1.807, 2.05) is 19.1 Å². The fourth-order valence-corrected chi connectivity index (χ4v) is 3.31. The highest BCUT2D eigenvalue weighted by atomic mass is 16.5. The number of aliphatic hydroxyl groups is 1. The first kappa shape index (κ1) is 19.3. The summed E-state index contributed by atoms with van der Waals surface area (Å²) in [5, 5.41) is 19.2. The number of hydrogen-bond acceptors (Lipinski definition) is 6. The molecule has 144 valence electrons. The topological polar surface area (TPSA) is 95.8 Å². The maximum Gasteiger partial charge on any atom is 0.341 e. The standard InChI is InChI=1S/C20H25N3O4/c1-20(26)5-2-9-23(10-6-20)13-16-11-15(17-12-21-7-8-22-17)3-4-18(16)27-14-19(24)25/h3-4,7-8,11-12,26H,2,5-6,9-10,13-14H2,1H3,(H,24,25). The molecule has 0 aliphatic carbocycles.